The maximum Gasteiger partial charge on any atom is 0.416 e. The lowest BCUT2D eigenvalue weighted by atomic mass is 10.0. The summed E-state index contributed by atoms with van der Waals surface area (Å²) in [5, 5.41) is 0.417. The summed E-state index contributed by atoms with van der Waals surface area (Å²) in [6.45, 7) is 3.98. The predicted octanol–water partition coefficient (Wildman–Crippen LogP) is 5.46. The average Bonchev–Trinajstić information content (AvgIpc) is 3.58. The molecule has 1 heterocycles. The molecule has 0 spiro atoms. The Hall–Kier alpha value is -2.94. The highest BCUT2D eigenvalue weighted by atomic mass is 32.1. The van der Waals surface area contributed by atoms with Crippen LogP contribution in [0.15, 0.2) is 47.3 Å². The van der Waals surface area contributed by atoms with E-state index in [1.807, 2.05) is 6.92 Å². The van der Waals surface area contributed by atoms with Gasteiger partial charge in [-0.3, -0.25) is 14.2 Å². The zero-order valence-electron chi connectivity index (χ0n) is 17.6. The topological polar surface area (TPSA) is 58.1 Å². The molecule has 1 saturated carbocycles. The number of nitrogens with zero attached hydrogens (tertiary/aromatic N) is 2. The molecule has 168 valence electrons. The van der Waals surface area contributed by atoms with E-state index in [0.29, 0.717) is 28.6 Å². The summed E-state index contributed by atoms with van der Waals surface area (Å²) in [5.41, 5.74) is 0.254. The SMILES string of the molecule is CCn1c(=S)[nH]c2cc(C(=O)N(C3CC3)C(C)c3cccc(C(F)(F)F)c3)ccc2c1=O. The minimum atomic E-state index is -4.45. The second-order valence-electron chi connectivity index (χ2n) is 7.98. The molecule has 5 nitrogen and oxygen atoms in total. The monoisotopic (exact) mass is 461 g/mol. The van der Waals surface area contributed by atoms with Crippen LogP contribution in [0.5, 0.6) is 0 Å². The Morgan fingerprint density at radius 2 is 1.97 bits per heavy atom. The van der Waals surface area contributed by atoms with Crippen LogP contribution in [0.2, 0.25) is 0 Å². The molecule has 0 radical (unpaired) electrons. The third kappa shape index (κ3) is 4.09. The number of H-pyrrole nitrogens is 1. The summed E-state index contributed by atoms with van der Waals surface area (Å²) < 4.78 is 41.2. The number of aromatic nitrogens is 2. The molecule has 2 aromatic carbocycles. The number of hydrogen-bond acceptors (Lipinski definition) is 3. The van der Waals surface area contributed by atoms with E-state index in [4.69, 9.17) is 12.2 Å². The van der Waals surface area contributed by atoms with E-state index in [2.05, 4.69) is 4.98 Å². The number of halogens is 3. The van der Waals surface area contributed by atoms with Crippen LogP contribution < -0.4 is 5.56 Å². The maximum atomic E-state index is 13.4. The number of alkyl halides is 3. The van der Waals surface area contributed by atoms with E-state index in [9.17, 15) is 22.8 Å². The highest BCUT2D eigenvalue weighted by molar-refractivity contribution is 7.71. The van der Waals surface area contributed by atoms with Gasteiger partial charge in [-0.2, -0.15) is 13.2 Å². The van der Waals surface area contributed by atoms with Crippen molar-refractivity contribution in [3.8, 4) is 0 Å². The number of hydrogen-bond donors (Lipinski definition) is 1. The summed E-state index contributed by atoms with van der Waals surface area (Å²) in [6, 6.07) is 9.26. The van der Waals surface area contributed by atoms with Gasteiger partial charge in [-0.25, -0.2) is 0 Å². The molecule has 1 fully saturated rings. The Morgan fingerprint density at radius 3 is 2.59 bits per heavy atom. The Balaban J connectivity index is 1.72. The van der Waals surface area contributed by atoms with Crippen molar-refractivity contribution in [3.63, 3.8) is 0 Å². The first-order chi connectivity index (χ1) is 15.1. The molecule has 1 aliphatic rings. The molecule has 3 aromatic rings. The summed E-state index contributed by atoms with van der Waals surface area (Å²) in [7, 11) is 0. The number of nitrogens with one attached hydrogen (secondary N) is 1. The average molecular weight is 462 g/mol. The normalized spacial score (nSPS) is 15.0. The van der Waals surface area contributed by atoms with Gasteiger partial charge in [0.1, 0.15) is 0 Å². The van der Waals surface area contributed by atoms with Crippen molar-refractivity contribution in [1.82, 2.24) is 14.5 Å². The second-order valence-corrected chi connectivity index (χ2v) is 8.37. The van der Waals surface area contributed by atoms with Crippen LogP contribution in [0, 0.1) is 4.77 Å². The third-order valence-electron chi connectivity index (χ3n) is 5.83. The lowest BCUT2D eigenvalue weighted by molar-refractivity contribution is -0.137. The van der Waals surface area contributed by atoms with E-state index in [1.165, 1.54) is 10.6 Å². The van der Waals surface area contributed by atoms with Gasteiger partial charge in [-0.1, -0.05) is 12.1 Å². The number of aromatic amines is 1. The largest absolute Gasteiger partial charge is 0.416 e. The van der Waals surface area contributed by atoms with Gasteiger partial charge in [0.05, 0.1) is 22.5 Å². The zero-order valence-corrected chi connectivity index (χ0v) is 18.4. The second kappa shape index (κ2) is 8.20. The van der Waals surface area contributed by atoms with E-state index < -0.39 is 17.8 Å². The summed E-state index contributed by atoms with van der Waals surface area (Å²) in [6.07, 6.45) is -2.86. The molecular formula is C23H22F3N3O2S. The highest BCUT2D eigenvalue weighted by Gasteiger charge is 2.38. The van der Waals surface area contributed by atoms with Crippen molar-refractivity contribution in [2.24, 2.45) is 0 Å². The summed E-state index contributed by atoms with van der Waals surface area (Å²) >= 11 is 5.25. The first-order valence-electron chi connectivity index (χ1n) is 10.4. The number of amides is 1. The smallest absolute Gasteiger partial charge is 0.332 e. The minimum Gasteiger partial charge on any atom is -0.332 e. The van der Waals surface area contributed by atoms with Gasteiger partial charge >= 0.3 is 6.18 Å². The Morgan fingerprint density at radius 1 is 1.25 bits per heavy atom. The molecule has 0 aliphatic heterocycles. The molecule has 1 amide bonds. The quantitative estimate of drug-likeness (QED) is 0.513. The van der Waals surface area contributed by atoms with Crippen LogP contribution >= 0.6 is 12.2 Å². The molecule has 32 heavy (non-hydrogen) atoms. The first-order valence-corrected chi connectivity index (χ1v) is 10.8. The van der Waals surface area contributed by atoms with Crippen molar-refractivity contribution < 1.29 is 18.0 Å². The van der Waals surface area contributed by atoms with Crippen LogP contribution in [0.3, 0.4) is 0 Å². The molecule has 1 atom stereocenters. The molecule has 0 saturated heterocycles. The van der Waals surface area contributed by atoms with Crippen molar-refractivity contribution in [3.05, 3.63) is 74.3 Å². The zero-order chi connectivity index (χ0) is 23.2. The van der Waals surface area contributed by atoms with Gasteiger partial charge in [-0.15, -0.1) is 0 Å². The van der Waals surface area contributed by atoms with Crippen LogP contribution in [0.25, 0.3) is 10.9 Å². The molecule has 1 aromatic heterocycles. The predicted molar refractivity (Wildman–Crippen MR) is 118 cm³/mol. The van der Waals surface area contributed by atoms with E-state index in [-0.39, 0.29) is 22.3 Å². The first kappa shape index (κ1) is 22.3. The van der Waals surface area contributed by atoms with Gasteiger partial charge in [0, 0.05) is 18.2 Å². The van der Waals surface area contributed by atoms with Gasteiger partial charge in [0.2, 0.25) is 0 Å². The summed E-state index contributed by atoms with van der Waals surface area (Å²) in [4.78, 5) is 30.7. The highest BCUT2D eigenvalue weighted by Crippen LogP contribution is 2.37. The number of carbonyl (C=O) groups excluding carboxylic acids is 1. The van der Waals surface area contributed by atoms with E-state index in [1.54, 1.807) is 36.1 Å². The molecular weight excluding hydrogens is 439 g/mol. The minimum absolute atomic E-state index is 0.0330. The maximum absolute atomic E-state index is 13.4. The van der Waals surface area contributed by atoms with Crippen LogP contribution in [0.1, 0.15) is 54.2 Å². The molecule has 4 rings (SSSR count). The fourth-order valence-corrected chi connectivity index (χ4v) is 4.29. The van der Waals surface area contributed by atoms with Gasteiger partial charge in [0.15, 0.2) is 4.77 Å². The van der Waals surface area contributed by atoms with Crippen molar-refractivity contribution in [2.45, 2.75) is 51.5 Å². The van der Waals surface area contributed by atoms with Gasteiger partial charge < -0.3 is 9.88 Å². The number of fused-ring (bicyclic) bond motifs is 1. The van der Waals surface area contributed by atoms with Crippen LogP contribution in [-0.4, -0.2) is 26.4 Å². The van der Waals surface area contributed by atoms with Crippen LogP contribution in [-0.2, 0) is 12.7 Å². The lowest BCUT2D eigenvalue weighted by Gasteiger charge is -2.30. The fourth-order valence-electron chi connectivity index (χ4n) is 3.97. The molecule has 0 bridgehead atoms. The number of carbonyl (C=O) groups is 1. The van der Waals surface area contributed by atoms with Gasteiger partial charge in [-0.05, 0) is 74.8 Å². The molecule has 1 unspecified atom stereocenters. The van der Waals surface area contributed by atoms with Crippen LogP contribution in [0.4, 0.5) is 13.2 Å². The Bertz CT molecular complexity index is 1310. The van der Waals surface area contributed by atoms with Crippen molar-refractivity contribution in [2.75, 3.05) is 0 Å². The molecule has 1 aliphatic carbocycles. The van der Waals surface area contributed by atoms with E-state index in [0.717, 1.165) is 25.0 Å². The van der Waals surface area contributed by atoms with E-state index >= 15 is 0 Å². The number of rotatable bonds is 5. The standard InChI is InChI=1S/C23H22F3N3O2S/c1-3-28-21(31)18-10-7-15(12-19(18)27-22(28)32)20(30)29(17-8-9-17)13(2)14-5-4-6-16(11-14)23(24,25)26/h4-7,10-13,17H,3,8-9H2,1-2H3,(H,27,32). The van der Waals surface area contributed by atoms with Crippen molar-refractivity contribution >= 4 is 29.0 Å². The number of benzene rings is 2. The van der Waals surface area contributed by atoms with Crippen molar-refractivity contribution in [1.29, 1.82) is 0 Å². The fraction of sp³-hybridized carbons (Fsp3) is 0.348. The van der Waals surface area contributed by atoms with Gasteiger partial charge in [0.25, 0.3) is 11.5 Å². The Labute approximate surface area is 187 Å². The molecule has 9 heteroatoms. The summed E-state index contributed by atoms with van der Waals surface area (Å²) in [5.74, 6) is -0.293. The molecule has 1 N–H and O–H groups in total. The third-order valence-corrected chi connectivity index (χ3v) is 6.16. The Kier molecular flexibility index (Phi) is 5.70. The lowest BCUT2D eigenvalue weighted by Crippen LogP contribution is -2.35.